The van der Waals surface area contributed by atoms with E-state index in [-0.39, 0.29) is 18.1 Å². The Balaban J connectivity index is 2.08. The van der Waals surface area contributed by atoms with Crippen molar-refractivity contribution >= 4 is 5.69 Å². The minimum atomic E-state index is -0.0477. The Morgan fingerprint density at radius 3 is 3.06 bits per heavy atom. The van der Waals surface area contributed by atoms with E-state index in [0.29, 0.717) is 5.69 Å². The molecule has 1 saturated carbocycles. The van der Waals surface area contributed by atoms with Crippen LogP contribution in [0.15, 0.2) is 18.3 Å². The van der Waals surface area contributed by atoms with Crippen molar-refractivity contribution in [2.24, 2.45) is 5.41 Å². The lowest BCUT2D eigenvalue weighted by molar-refractivity contribution is 0.139. The van der Waals surface area contributed by atoms with Crippen LogP contribution in [0.25, 0.3) is 0 Å². The minimum Gasteiger partial charge on any atom is -0.396 e. The largest absolute Gasteiger partial charge is 0.396 e. The first kappa shape index (κ1) is 11.9. The summed E-state index contributed by atoms with van der Waals surface area (Å²) >= 11 is 0. The number of rotatable bonds is 3. The van der Waals surface area contributed by atoms with E-state index in [1.54, 1.807) is 12.3 Å². The molecule has 0 bridgehead atoms. The number of nitrogens with zero attached hydrogens (tertiary/aromatic N) is 2. The molecule has 1 fully saturated rings. The average molecular weight is 231 g/mol. The van der Waals surface area contributed by atoms with Crippen LogP contribution in [0.5, 0.6) is 0 Å². The van der Waals surface area contributed by atoms with Gasteiger partial charge in [0.1, 0.15) is 11.8 Å². The summed E-state index contributed by atoms with van der Waals surface area (Å²) in [5.41, 5.74) is 1.29. The summed E-state index contributed by atoms with van der Waals surface area (Å²) in [4.78, 5) is 4.03. The van der Waals surface area contributed by atoms with E-state index in [9.17, 15) is 5.11 Å². The van der Waals surface area contributed by atoms with Crippen LogP contribution in [-0.4, -0.2) is 22.7 Å². The van der Waals surface area contributed by atoms with Gasteiger partial charge >= 0.3 is 0 Å². The summed E-state index contributed by atoms with van der Waals surface area (Å²) in [6.07, 6.45) is 4.93. The molecule has 4 heteroatoms. The van der Waals surface area contributed by atoms with E-state index in [0.717, 1.165) is 24.9 Å². The first-order chi connectivity index (χ1) is 8.18. The Morgan fingerprint density at radius 2 is 2.47 bits per heavy atom. The van der Waals surface area contributed by atoms with Crippen LogP contribution in [0.4, 0.5) is 5.69 Å². The van der Waals surface area contributed by atoms with E-state index in [2.05, 4.69) is 17.2 Å². The fourth-order valence-electron chi connectivity index (χ4n) is 2.41. The average Bonchev–Trinajstić information content (AvgIpc) is 2.73. The molecule has 1 aromatic heterocycles. The second-order valence-electron chi connectivity index (χ2n) is 4.95. The van der Waals surface area contributed by atoms with Crippen molar-refractivity contribution in [3.05, 3.63) is 24.0 Å². The van der Waals surface area contributed by atoms with Gasteiger partial charge in [0.05, 0.1) is 18.5 Å². The van der Waals surface area contributed by atoms with Crippen molar-refractivity contribution in [1.29, 1.82) is 5.26 Å². The van der Waals surface area contributed by atoms with Gasteiger partial charge in [0.25, 0.3) is 0 Å². The van der Waals surface area contributed by atoms with Gasteiger partial charge in [-0.1, -0.05) is 13.3 Å². The van der Waals surface area contributed by atoms with Gasteiger partial charge in [0.15, 0.2) is 0 Å². The Labute approximate surface area is 101 Å². The van der Waals surface area contributed by atoms with E-state index < -0.39 is 0 Å². The Morgan fingerprint density at radius 1 is 1.65 bits per heavy atom. The lowest BCUT2D eigenvalue weighted by atomic mass is 9.86. The molecule has 1 aliphatic carbocycles. The molecule has 1 aromatic rings. The molecule has 0 aromatic carbocycles. The second-order valence-corrected chi connectivity index (χ2v) is 4.95. The molecule has 2 N–H and O–H groups in total. The van der Waals surface area contributed by atoms with Gasteiger partial charge < -0.3 is 10.4 Å². The predicted molar refractivity (Wildman–Crippen MR) is 65.4 cm³/mol. The lowest BCUT2D eigenvalue weighted by Gasteiger charge is -2.30. The number of nitriles is 1. The highest BCUT2D eigenvalue weighted by atomic mass is 16.3. The van der Waals surface area contributed by atoms with E-state index in [4.69, 9.17) is 5.26 Å². The third-order valence-corrected chi connectivity index (χ3v) is 3.66. The molecule has 1 heterocycles. The molecule has 0 amide bonds. The van der Waals surface area contributed by atoms with Crippen molar-refractivity contribution in [1.82, 2.24) is 4.98 Å². The van der Waals surface area contributed by atoms with Crippen molar-refractivity contribution in [3.8, 4) is 6.07 Å². The van der Waals surface area contributed by atoms with E-state index >= 15 is 0 Å². The molecule has 0 spiro atoms. The molecule has 1 aliphatic rings. The lowest BCUT2D eigenvalue weighted by Crippen LogP contribution is -2.36. The zero-order chi connectivity index (χ0) is 12.3. The van der Waals surface area contributed by atoms with Gasteiger partial charge in [0, 0.05) is 11.5 Å². The predicted octanol–water partition coefficient (Wildman–Crippen LogP) is 1.92. The molecule has 90 valence electrons. The fraction of sp³-hybridized carbons (Fsp3) is 0.538. The van der Waals surface area contributed by atoms with Gasteiger partial charge in [0.2, 0.25) is 0 Å². The highest BCUT2D eigenvalue weighted by Gasteiger charge is 2.38. The molecule has 0 unspecified atom stereocenters. The van der Waals surface area contributed by atoms with Crippen LogP contribution >= 0.6 is 0 Å². The quantitative estimate of drug-likeness (QED) is 0.833. The maximum Gasteiger partial charge on any atom is 0.140 e. The molecule has 4 nitrogen and oxygen atoms in total. The van der Waals surface area contributed by atoms with Gasteiger partial charge in [-0.05, 0) is 25.0 Å². The molecule has 0 aliphatic heterocycles. The third kappa shape index (κ3) is 2.40. The number of hydrogen-bond acceptors (Lipinski definition) is 4. The summed E-state index contributed by atoms with van der Waals surface area (Å²) in [5.74, 6) is 0. The van der Waals surface area contributed by atoms with Crippen LogP contribution < -0.4 is 5.32 Å². The zero-order valence-corrected chi connectivity index (χ0v) is 9.98. The van der Waals surface area contributed by atoms with E-state index in [1.165, 1.54) is 0 Å². The number of nitrogens with one attached hydrogen (secondary N) is 1. The van der Waals surface area contributed by atoms with Crippen molar-refractivity contribution in [2.75, 3.05) is 11.9 Å². The first-order valence-corrected chi connectivity index (χ1v) is 5.91. The summed E-state index contributed by atoms with van der Waals surface area (Å²) in [5, 5.41) is 21.5. The summed E-state index contributed by atoms with van der Waals surface area (Å²) < 4.78 is 0. The number of anilines is 1. The molecular weight excluding hydrogens is 214 g/mol. The smallest absolute Gasteiger partial charge is 0.140 e. The Kier molecular flexibility index (Phi) is 3.30. The molecule has 17 heavy (non-hydrogen) atoms. The maximum absolute atomic E-state index is 9.46. The van der Waals surface area contributed by atoms with Crippen LogP contribution in [0, 0.1) is 16.7 Å². The molecule has 0 saturated heterocycles. The van der Waals surface area contributed by atoms with Crippen LogP contribution in [0.3, 0.4) is 0 Å². The number of pyridine rings is 1. The van der Waals surface area contributed by atoms with E-state index in [1.807, 2.05) is 12.1 Å². The van der Waals surface area contributed by atoms with Crippen LogP contribution in [-0.2, 0) is 0 Å². The minimum absolute atomic E-state index is 0.0477. The standard InChI is InChI=1S/C13H17N3O/c1-13(9-17)6-2-3-12(13)16-11-5-4-10(7-14)15-8-11/h4-5,8,12,16-17H,2-3,6,9H2,1H3/t12-,13-/m1/s1. The molecule has 0 radical (unpaired) electrons. The highest BCUT2D eigenvalue weighted by molar-refractivity contribution is 5.44. The van der Waals surface area contributed by atoms with Gasteiger partial charge in [-0.25, -0.2) is 4.98 Å². The van der Waals surface area contributed by atoms with Crippen molar-refractivity contribution in [2.45, 2.75) is 32.2 Å². The second kappa shape index (κ2) is 4.72. The van der Waals surface area contributed by atoms with Crippen molar-refractivity contribution in [3.63, 3.8) is 0 Å². The summed E-state index contributed by atoms with van der Waals surface area (Å²) in [6, 6.07) is 5.84. The van der Waals surface area contributed by atoms with Crippen LogP contribution in [0.2, 0.25) is 0 Å². The topological polar surface area (TPSA) is 68.9 Å². The number of aromatic nitrogens is 1. The summed E-state index contributed by atoms with van der Waals surface area (Å²) in [7, 11) is 0. The van der Waals surface area contributed by atoms with Gasteiger partial charge in [-0.3, -0.25) is 0 Å². The van der Waals surface area contributed by atoms with Crippen molar-refractivity contribution < 1.29 is 5.11 Å². The SMILES string of the molecule is C[C@]1(CO)CCC[C@H]1Nc1ccc(C#N)nc1. The molecule has 2 rings (SSSR count). The van der Waals surface area contributed by atoms with Gasteiger partial charge in [-0.2, -0.15) is 5.26 Å². The monoisotopic (exact) mass is 231 g/mol. The van der Waals surface area contributed by atoms with Crippen LogP contribution in [0.1, 0.15) is 31.9 Å². The fourth-order valence-corrected chi connectivity index (χ4v) is 2.41. The third-order valence-electron chi connectivity index (χ3n) is 3.66. The molecule has 2 atom stereocenters. The Bertz CT molecular complexity index is 423. The number of aliphatic hydroxyl groups excluding tert-OH is 1. The zero-order valence-electron chi connectivity index (χ0n) is 9.98. The number of hydrogen-bond donors (Lipinski definition) is 2. The normalized spacial score (nSPS) is 27.7. The first-order valence-electron chi connectivity index (χ1n) is 5.91. The maximum atomic E-state index is 9.46. The number of aliphatic hydroxyl groups is 1. The van der Waals surface area contributed by atoms with Gasteiger partial charge in [-0.15, -0.1) is 0 Å². The Hall–Kier alpha value is -1.60. The summed E-state index contributed by atoms with van der Waals surface area (Å²) in [6.45, 7) is 2.31. The molecular formula is C13H17N3O. The highest BCUT2D eigenvalue weighted by Crippen LogP contribution is 2.39.